The Bertz CT molecular complexity index is 227. The molecule has 1 unspecified atom stereocenters. The maximum absolute atomic E-state index is 8.89. The fourth-order valence-corrected chi connectivity index (χ4v) is 1.15. The van der Waals surface area contributed by atoms with Gasteiger partial charge in [0.25, 0.3) is 0 Å². The summed E-state index contributed by atoms with van der Waals surface area (Å²) in [5, 5.41) is 9.38. The van der Waals surface area contributed by atoms with Gasteiger partial charge in [-0.1, -0.05) is 41.4 Å². The second-order valence-electron chi connectivity index (χ2n) is 1.86. The van der Waals surface area contributed by atoms with E-state index in [2.05, 4.69) is 0 Å². The second-order valence-corrected chi connectivity index (χ2v) is 2.68. The van der Waals surface area contributed by atoms with Crippen molar-refractivity contribution in [2.24, 2.45) is 0 Å². The zero-order chi connectivity index (χ0) is 7.56. The molecule has 0 heterocycles. The summed E-state index contributed by atoms with van der Waals surface area (Å²) in [7, 11) is 0. The third-order valence-corrected chi connectivity index (χ3v) is 1.74. The fraction of sp³-hybridized carbons (Fsp3) is 0.143. The molecule has 1 N–H and O–H groups in total. The predicted molar refractivity (Wildman–Crippen MR) is 49.4 cm³/mol. The molecule has 0 bridgehead atoms. The second kappa shape index (κ2) is 5.94. The van der Waals surface area contributed by atoms with Crippen LogP contribution in [-0.2, 0) is 0 Å². The average molecular weight is 217 g/mol. The molecule has 0 aliphatic rings. The van der Waals surface area contributed by atoms with Crippen molar-refractivity contribution >= 4 is 74.6 Å². The molecule has 11 heavy (non-hydrogen) atoms. The van der Waals surface area contributed by atoms with Crippen molar-refractivity contribution in [2.75, 3.05) is 0 Å². The first-order valence-electron chi connectivity index (χ1n) is 2.78. The van der Waals surface area contributed by atoms with E-state index in [1.54, 1.807) is 24.3 Å². The quantitative estimate of drug-likeness (QED) is 0.562. The van der Waals surface area contributed by atoms with Crippen LogP contribution in [0.3, 0.4) is 0 Å². The van der Waals surface area contributed by atoms with Crippen LogP contribution < -0.4 is 0 Å². The normalized spacial score (nSPS) is 11.9. The molecule has 1 aromatic rings. The van der Waals surface area contributed by atoms with Gasteiger partial charge in [0.15, 0.2) is 5.56 Å². The van der Waals surface area contributed by atoms with Crippen molar-refractivity contribution in [3.05, 3.63) is 34.9 Å². The van der Waals surface area contributed by atoms with Crippen molar-refractivity contribution in [2.45, 2.75) is 5.56 Å². The monoisotopic (exact) mass is 216 g/mol. The summed E-state index contributed by atoms with van der Waals surface area (Å²) in [4.78, 5) is 0. The summed E-state index contributed by atoms with van der Waals surface area (Å²) in [5.74, 6) is 0. The van der Waals surface area contributed by atoms with E-state index in [4.69, 9.17) is 28.3 Å². The Labute approximate surface area is 118 Å². The number of halogens is 2. The minimum absolute atomic E-state index is 0. The van der Waals surface area contributed by atoms with Gasteiger partial charge in [-0.3, -0.25) is 0 Å². The van der Waals surface area contributed by atoms with Crippen LogP contribution in [0.15, 0.2) is 24.3 Å². The fourth-order valence-electron chi connectivity index (χ4n) is 0.668. The molecule has 0 saturated heterocycles. The molecule has 0 aliphatic carbocycles. The zero-order valence-electron chi connectivity index (χ0n) is 5.09. The van der Waals surface area contributed by atoms with Gasteiger partial charge in [-0.15, -0.1) is 0 Å². The van der Waals surface area contributed by atoms with Crippen LogP contribution in [-0.4, -0.2) is 56.5 Å². The summed E-state index contributed by atoms with van der Waals surface area (Å²) in [6.45, 7) is 0. The molecule has 0 radical (unpaired) electrons. The van der Waals surface area contributed by atoms with Gasteiger partial charge in [0, 0.05) is 10.6 Å². The first kappa shape index (κ1) is 12.4. The summed E-state index contributed by atoms with van der Waals surface area (Å²) >= 11 is 11.1. The van der Waals surface area contributed by atoms with Gasteiger partial charge in [-0.25, -0.2) is 0 Å². The van der Waals surface area contributed by atoms with E-state index in [1.807, 2.05) is 0 Å². The van der Waals surface area contributed by atoms with Crippen LogP contribution in [0.1, 0.15) is 11.1 Å². The maximum atomic E-state index is 8.89. The first-order chi connectivity index (χ1) is 4.72. The number of alkyl halides is 1. The standard InChI is InChI=1S/C7H6Cl2O.K.H/c8-6-4-2-1-3-5(6)7(9)10;;/h1-4,7,10H;;. The number of benzene rings is 1. The molecule has 56 valence electrons. The van der Waals surface area contributed by atoms with Gasteiger partial charge in [-0.2, -0.15) is 0 Å². The van der Waals surface area contributed by atoms with E-state index in [1.165, 1.54) is 0 Å². The number of rotatable bonds is 1. The molecule has 4 heteroatoms. The van der Waals surface area contributed by atoms with E-state index in [0.717, 1.165) is 0 Å². The SMILES string of the molecule is OC(Cl)c1ccccc1Cl.[KH]. The van der Waals surface area contributed by atoms with Crippen molar-refractivity contribution in [1.82, 2.24) is 0 Å². The molecule has 1 rings (SSSR count). The van der Waals surface area contributed by atoms with Crippen LogP contribution in [0.25, 0.3) is 0 Å². The number of hydrogen-bond donors (Lipinski definition) is 1. The summed E-state index contributed by atoms with van der Waals surface area (Å²) in [6, 6.07) is 6.92. The molecule has 1 nitrogen and oxygen atoms in total. The van der Waals surface area contributed by atoms with Gasteiger partial charge in [0.1, 0.15) is 0 Å². The molecule has 1 atom stereocenters. The Hall–Kier alpha value is 1.40. The van der Waals surface area contributed by atoms with Gasteiger partial charge in [0.05, 0.1) is 0 Å². The van der Waals surface area contributed by atoms with E-state index in [-0.39, 0.29) is 51.4 Å². The van der Waals surface area contributed by atoms with E-state index < -0.39 is 5.56 Å². The van der Waals surface area contributed by atoms with E-state index in [9.17, 15) is 0 Å². The average Bonchev–Trinajstić information content (AvgIpc) is 1.88. The van der Waals surface area contributed by atoms with E-state index in [0.29, 0.717) is 10.6 Å². The van der Waals surface area contributed by atoms with Gasteiger partial charge in [-0.05, 0) is 6.07 Å². The van der Waals surface area contributed by atoms with Crippen LogP contribution in [0.2, 0.25) is 5.02 Å². The molecule has 0 aliphatic heterocycles. The van der Waals surface area contributed by atoms with Crippen LogP contribution in [0.5, 0.6) is 0 Å². The third kappa shape index (κ3) is 3.74. The molecule has 0 fully saturated rings. The zero-order valence-corrected chi connectivity index (χ0v) is 6.60. The molecular weight excluding hydrogens is 210 g/mol. The van der Waals surface area contributed by atoms with Crippen molar-refractivity contribution in [3.63, 3.8) is 0 Å². The van der Waals surface area contributed by atoms with Crippen molar-refractivity contribution in [3.8, 4) is 0 Å². The number of hydrogen-bond acceptors (Lipinski definition) is 1. The van der Waals surface area contributed by atoms with Crippen molar-refractivity contribution < 1.29 is 5.11 Å². The predicted octanol–water partition coefficient (Wildman–Crippen LogP) is 1.92. The third-order valence-electron chi connectivity index (χ3n) is 1.16. The van der Waals surface area contributed by atoms with Crippen LogP contribution >= 0.6 is 23.2 Å². The summed E-state index contributed by atoms with van der Waals surface area (Å²) in [6.07, 6.45) is 0. The van der Waals surface area contributed by atoms with Gasteiger partial charge < -0.3 is 5.11 Å². The molecule has 0 saturated carbocycles. The summed E-state index contributed by atoms with van der Waals surface area (Å²) < 4.78 is 0. The Morgan fingerprint density at radius 1 is 1.27 bits per heavy atom. The molecule has 0 aromatic heterocycles. The molecule has 1 aromatic carbocycles. The van der Waals surface area contributed by atoms with Gasteiger partial charge in [0.2, 0.25) is 0 Å². The minimum atomic E-state index is -1.01. The molecule has 0 amide bonds. The number of aliphatic hydroxyl groups is 1. The van der Waals surface area contributed by atoms with Crippen LogP contribution in [0.4, 0.5) is 0 Å². The molecular formula is C7H7Cl2KO. The summed E-state index contributed by atoms with van der Waals surface area (Å²) in [5.41, 5.74) is -0.459. The number of aliphatic hydroxyl groups excluding tert-OH is 1. The molecule has 0 spiro atoms. The van der Waals surface area contributed by atoms with Crippen molar-refractivity contribution in [1.29, 1.82) is 0 Å². The Morgan fingerprint density at radius 3 is 2.18 bits per heavy atom. The van der Waals surface area contributed by atoms with Crippen LogP contribution in [0, 0.1) is 0 Å². The topological polar surface area (TPSA) is 20.2 Å². The van der Waals surface area contributed by atoms with Gasteiger partial charge >= 0.3 is 51.4 Å². The Balaban J connectivity index is 0.000001000. The van der Waals surface area contributed by atoms with E-state index >= 15 is 0 Å². The Morgan fingerprint density at radius 2 is 1.82 bits per heavy atom. The Kier molecular flexibility index (Phi) is 6.70. The first-order valence-corrected chi connectivity index (χ1v) is 3.60.